The van der Waals surface area contributed by atoms with E-state index in [9.17, 15) is 0 Å². The maximum atomic E-state index is 8.83. The summed E-state index contributed by atoms with van der Waals surface area (Å²) in [5, 5.41) is 8.83. The molecule has 3 rings (SSSR count). The second-order valence-corrected chi connectivity index (χ2v) is 5.72. The molecule has 1 aliphatic heterocycles. The first-order chi connectivity index (χ1) is 10.8. The maximum Gasteiger partial charge on any atom is 0.0991 e. The third-order valence-electron chi connectivity index (χ3n) is 4.11. The molecule has 4 nitrogen and oxygen atoms in total. The van der Waals surface area contributed by atoms with Gasteiger partial charge in [0.05, 0.1) is 11.6 Å². The van der Waals surface area contributed by atoms with Gasteiger partial charge in [0.15, 0.2) is 0 Å². The van der Waals surface area contributed by atoms with Crippen molar-refractivity contribution in [2.45, 2.75) is 13.1 Å². The van der Waals surface area contributed by atoms with E-state index in [1.54, 1.807) is 0 Å². The molecule has 1 fully saturated rings. The number of benzene rings is 1. The zero-order chi connectivity index (χ0) is 15.2. The van der Waals surface area contributed by atoms with Gasteiger partial charge in [0.2, 0.25) is 0 Å². The molecule has 0 atom stereocenters. The average Bonchev–Trinajstić information content (AvgIpc) is 2.58. The standard InChI is InChI=1S/C18H20N4/c19-13-16-1-3-17(4-2-16)14-21-9-11-22(12-10-21)15-18-5-7-20-8-6-18/h1-8H,9-12,14-15H2. The van der Waals surface area contributed by atoms with Gasteiger partial charge in [0.1, 0.15) is 0 Å². The lowest BCUT2D eigenvalue weighted by Crippen LogP contribution is -2.45. The Kier molecular flexibility index (Phi) is 4.79. The van der Waals surface area contributed by atoms with Gasteiger partial charge in [0.25, 0.3) is 0 Å². The molecule has 4 heteroatoms. The molecule has 0 spiro atoms. The van der Waals surface area contributed by atoms with Crippen LogP contribution in [0.3, 0.4) is 0 Å². The summed E-state index contributed by atoms with van der Waals surface area (Å²) in [4.78, 5) is 9.03. The van der Waals surface area contributed by atoms with E-state index in [1.807, 2.05) is 24.5 Å². The van der Waals surface area contributed by atoms with E-state index in [0.29, 0.717) is 0 Å². The number of hydrogen-bond donors (Lipinski definition) is 0. The van der Waals surface area contributed by atoms with Crippen molar-refractivity contribution < 1.29 is 0 Å². The summed E-state index contributed by atoms with van der Waals surface area (Å²) in [6.07, 6.45) is 3.72. The lowest BCUT2D eigenvalue weighted by atomic mass is 10.1. The Morgan fingerprint density at radius 2 is 1.32 bits per heavy atom. The van der Waals surface area contributed by atoms with Crippen LogP contribution in [0.1, 0.15) is 16.7 Å². The summed E-state index contributed by atoms with van der Waals surface area (Å²) < 4.78 is 0. The van der Waals surface area contributed by atoms with Gasteiger partial charge in [0, 0.05) is 51.7 Å². The van der Waals surface area contributed by atoms with E-state index in [1.165, 1.54) is 11.1 Å². The molecule has 0 saturated carbocycles. The first-order valence-corrected chi connectivity index (χ1v) is 7.66. The number of nitrogens with zero attached hydrogens (tertiary/aromatic N) is 4. The minimum absolute atomic E-state index is 0.728. The lowest BCUT2D eigenvalue weighted by Gasteiger charge is -2.34. The van der Waals surface area contributed by atoms with E-state index in [2.05, 4.69) is 45.1 Å². The summed E-state index contributed by atoms with van der Waals surface area (Å²) >= 11 is 0. The smallest absolute Gasteiger partial charge is 0.0991 e. The summed E-state index contributed by atoms with van der Waals surface area (Å²) in [6, 6.07) is 14.2. The minimum Gasteiger partial charge on any atom is -0.297 e. The zero-order valence-electron chi connectivity index (χ0n) is 12.7. The van der Waals surface area contributed by atoms with E-state index in [0.717, 1.165) is 44.8 Å². The Hall–Kier alpha value is -2.22. The summed E-state index contributed by atoms with van der Waals surface area (Å²) in [7, 11) is 0. The highest BCUT2D eigenvalue weighted by molar-refractivity contribution is 5.31. The predicted octanol–water partition coefficient (Wildman–Crippen LogP) is 2.27. The quantitative estimate of drug-likeness (QED) is 0.867. The number of pyridine rings is 1. The predicted molar refractivity (Wildman–Crippen MR) is 85.9 cm³/mol. The van der Waals surface area contributed by atoms with E-state index < -0.39 is 0 Å². The van der Waals surface area contributed by atoms with Crippen LogP contribution < -0.4 is 0 Å². The van der Waals surface area contributed by atoms with Crippen LogP contribution >= 0.6 is 0 Å². The van der Waals surface area contributed by atoms with E-state index in [-0.39, 0.29) is 0 Å². The van der Waals surface area contributed by atoms with Crippen molar-refractivity contribution in [1.29, 1.82) is 5.26 Å². The first kappa shape index (κ1) is 14.7. The van der Waals surface area contributed by atoms with Crippen LogP contribution in [-0.4, -0.2) is 41.0 Å². The molecule has 1 aliphatic rings. The fourth-order valence-electron chi connectivity index (χ4n) is 2.79. The van der Waals surface area contributed by atoms with Crippen LogP contribution in [0.25, 0.3) is 0 Å². The number of rotatable bonds is 4. The van der Waals surface area contributed by atoms with Crippen molar-refractivity contribution in [2.24, 2.45) is 0 Å². The molecule has 0 N–H and O–H groups in total. The molecule has 0 unspecified atom stereocenters. The van der Waals surface area contributed by atoms with Gasteiger partial charge in [-0.15, -0.1) is 0 Å². The number of aromatic nitrogens is 1. The summed E-state index contributed by atoms with van der Waals surface area (Å²) in [5.41, 5.74) is 3.34. The van der Waals surface area contributed by atoms with Gasteiger partial charge in [-0.25, -0.2) is 0 Å². The van der Waals surface area contributed by atoms with E-state index in [4.69, 9.17) is 5.26 Å². The van der Waals surface area contributed by atoms with Crippen LogP contribution in [0.5, 0.6) is 0 Å². The Bertz CT molecular complexity index is 622. The molecule has 2 aromatic rings. The average molecular weight is 292 g/mol. The van der Waals surface area contributed by atoms with Crippen LogP contribution in [0.4, 0.5) is 0 Å². The maximum absolute atomic E-state index is 8.83. The third-order valence-corrected chi connectivity index (χ3v) is 4.11. The van der Waals surface area contributed by atoms with Gasteiger partial charge in [-0.3, -0.25) is 14.8 Å². The molecule has 0 amide bonds. The lowest BCUT2D eigenvalue weighted by molar-refractivity contribution is 0.122. The van der Waals surface area contributed by atoms with Crippen LogP contribution in [-0.2, 0) is 13.1 Å². The van der Waals surface area contributed by atoms with Crippen LogP contribution in [0.15, 0.2) is 48.8 Å². The molecule has 2 heterocycles. The highest BCUT2D eigenvalue weighted by Gasteiger charge is 2.16. The largest absolute Gasteiger partial charge is 0.297 e. The highest BCUT2D eigenvalue weighted by Crippen LogP contribution is 2.11. The monoisotopic (exact) mass is 292 g/mol. The number of hydrogen-bond acceptors (Lipinski definition) is 4. The Balaban J connectivity index is 1.48. The molecule has 1 aromatic carbocycles. The molecule has 1 saturated heterocycles. The summed E-state index contributed by atoms with van der Waals surface area (Å²) in [5.74, 6) is 0. The van der Waals surface area contributed by atoms with Crippen molar-refractivity contribution in [3.05, 3.63) is 65.5 Å². The van der Waals surface area contributed by atoms with Crippen molar-refractivity contribution in [1.82, 2.24) is 14.8 Å². The molecular formula is C18H20N4. The van der Waals surface area contributed by atoms with Gasteiger partial charge in [-0.05, 0) is 35.4 Å². The van der Waals surface area contributed by atoms with Crippen LogP contribution in [0.2, 0.25) is 0 Å². The molecule has 0 bridgehead atoms. The van der Waals surface area contributed by atoms with Gasteiger partial charge in [-0.1, -0.05) is 12.1 Å². The molecule has 1 aromatic heterocycles. The normalized spacial score (nSPS) is 16.3. The van der Waals surface area contributed by atoms with Crippen molar-refractivity contribution in [2.75, 3.05) is 26.2 Å². The topological polar surface area (TPSA) is 43.2 Å². The Morgan fingerprint density at radius 3 is 1.82 bits per heavy atom. The SMILES string of the molecule is N#Cc1ccc(CN2CCN(Cc3ccncc3)CC2)cc1. The number of nitriles is 1. The third kappa shape index (κ3) is 3.91. The zero-order valence-corrected chi connectivity index (χ0v) is 12.7. The minimum atomic E-state index is 0.728. The van der Waals surface area contributed by atoms with Crippen molar-refractivity contribution >= 4 is 0 Å². The van der Waals surface area contributed by atoms with E-state index >= 15 is 0 Å². The molecule has 0 aliphatic carbocycles. The molecule has 112 valence electrons. The molecule has 0 radical (unpaired) electrons. The van der Waals surface area contributed by atoms with Crippen LogP contribution in [0, 0.1) is 11.3 Å². The fourth-order valence-corrected chi connectivity index (χ4v) is 2.79. The van der Waals surface area contributed by atoms with Gasteiger partial charge in [-0.2, -0.15) is 5.26 Å². The number of piperazine rings is 1. The Labute approximate surface area is 131 Å². The second-order valence-electron chi connectivity index (χ2n) is 5.72. The fraction of sp³-hybridized carbons (Fsp3) is 0.333. The first-order valence-electron chi connectivity index (χ1n) is 7.66. The van der Waals surface area contributed by atoms with Crippen molar-refractivity contribution in [3.63, 3.8) is 0 Å². The second kappa shape index (κ2) is 7.17. The Morgan fingerprint density at radius 1 is 0.818 bits per heavy atom. The molecule has 22 heavy (non-hydrogen) atoms. The van der Waals surface area contributed by atoms with Gasteiger partial charge < -0.3 is 0 Å². The summed E-state index contributed by atoms with van der Waals surface area (Å²) in [6.45, 7) is 6.34. The molecular weight excluding hydrogens is 272 g/mol. The van der Waals surface area contributed by atoms with Gasteiger partial charge >= 0.3 is 0 Å². The highest BCUT2D eigenvalue weighted by atomic mass is 15.3. The van der Waals surface area contributed by atoms with Crippen molar-refractivity contribution in [3.8, 4) is 6.07 Å².